The number of aliphatic hydroxyl groups excluding tert-OH is 1. The van der Waals surface area contributed by atoms with Gasteiger partial charge in [0.2, 0.25) is 0 Å². The highest BCUT2D eigenvalue weighted by molar-refractivity contribution is 5.99. The predicted octanol–water partition coefficient (Wildman–Crippen LogP) is 2.73. The maximum absolute atomic E-state index is 12.0. The maximum atomic E-state index is 12.0. The van der Waals surface area contributed by atoms with Crippen LogP contribution in [0.2, 0.25) is 0 Å². The van der Waals surface area contributed by atoms with Crippen LogP contribution in [0.1, 0.15) is 27.6 Å². The number of hydrogen-bond acceptors (Lipinski definition) is 3. The summed E-state index contributed by atoms with van der Waals surface area (Å²) in [4.78, 5) is 15.9. The van der Waals surface area contributed by atoms with Gasteiger partial charge in [0.1, 0.15) is 6.10 Å². The molecule has 1 aromatic carbocycles. The van der Waals surface area contributed by atoms with Gasteiger partial charge in [-0.2, -0.15) is 0 Å². The summed E-state index contributed by atoms with van der Waals surface area (Å²) < 4.78 is 0. The first-order valence-electron chi connectivity index (χ1n) is 5.37. The van der Waals surface area contributed by atoms with Crippen LogP contribution in [-0.2, 0) is 0 Å². The molecule has 0 bridgehead atoms. The highest BCUT2D eigenvalue weighted by atomic mass is 35.5. The van der Waals surface area contributed by atoms with E-state index in [0.717, 1.165) is 5.56 Å². The lowest BCUT2D eigenvalue weighted by molar-refractivity contribution is 0.0747. The van der Waals surface area contributed by atoms with Crippen LogP contribution in [0.15, 0.2) is 48.8 Å². The van der Waals surface area contributed by atoms with Gasteiger partial charge in [-0.15, -0.1) is 12.4 Å². The molecule has 0 aliphatic rings. The van der Waals surface area contributed by atoms with Crippen LogP contribution < -0.4 is 0 Å². The summed E-state index contributed by atoms with van der Waals surface area (Å²) in [7, 11) is 0. The molecule has 0 aliphatic carbocycles. The summed E-state index contributed by atoms with van der Waals surface area (Å²) in [5, 5.41) is 9.94. The Kier molecular flexibility index (Phi) is 5.01. The molecule has 0 saturated heterocycles. The summed E-state index contributed by atoms with van der Waals surface area (Å²) in [6, 6.07) is 10.6. The molecule has 0 radical (unpaired) electrons. The number of aryl methyl sites for hydroxylation is 1. The molecule has 1 N–H and O–H groups in total. The lowest BCUT2D eigenvalue weighted by Gasteiger charge is -2.09. The van der Waals surface area contributed by atoms with Gasteiger partial charge in [-0.3, -0.25) is 9.78 Å². The number of nitrogens with zero attached hydrogens (tertiary/aromatic N) is 1. The number of aromatic nitrogens is 1. The van der Waals surface area contributed by atoms with Gasteiger partial charge in [-0.25, -0.2) is 0 Å². The van der Waals surface area contributed by atoms with E-state index in [1.165, 1.54) is 6.20 Å². The Morgan fingerprint density at radius 2 is 2.06 bits per heavy atom. The average molecular weight is 264 g/mol. The van der Waals surface area contributed by atoms with Gasteiger partial charge in [-0.1, -0.05) is 29.8 Å². The fourth-order valence-corrected chi connectivity index (χ4v) is 1.65. The molecule has 94 valence electrons. The van der Waals surface area contributed by atoms with Crippen molar-refractivity contribution in [3.8, 4) is 0 Å². The monoisotopic (exact) mass is 263 g/mol. The van der Waals surface area contributed by atoms with Crippen molar-refractivity contribution in [2.45, 2.75) is 13.0 Å². The summed E-state index contributed by atoms with van der Waals surface area (Å²) in [6.07, 6.45) is 1.96. The first-order valence-corrected chi connectivity index (χ1v) is 5.37. The van der Waals surface area contributed by atoms with Crippen molar-refractivity contribution in [2.24, 2.45) is 0 Å². The second-order valence-corrected chi connectivity index (χ2v) is 3.92. The molecule has 4 heteroatoms. The second-order valence-electron chi connectivity index (χ2n) is 3.92. The zero-order valence-electron chi connectivity index (χ0n) is 9.91. The van der Waals surface area contributed by atoms with E-state index in [-0.39, 0.29) is 18.2 Å². The van der Waals surface area contributed by atoms with E-state index in [1.54, 1.807) is 36.5 Å². The molecule has 0 saturated carbocycles. The number of rotatable bonds is 3. The number of hydrogen-bond donors (Lipinski definition) is 1. The molecule has 2 aromatic rings. The van der Waals surface area contributed by atoms with Crippen molar-refractivity contribution in [3.63, 3.8) is 0 Å². The number of carbonyl (C=O) groups is 1. The average Bonchev–Trinajstić information content (AvgIpc) is 2.38. The van der Waals surface area contributed by atoms with Crippen molar-refractivity contribution < 1.29 is 9.90 Å². The quantitative estimate of drug-likeness (QED) is 0.867. The smallest absolute Gasteiger partial charge is 0.195 e. The molecule has 0 aliphatic heterocycles. The zero-order valence-corrected chi connectivity index (χ0v) is 10.7. The van der Waals surface area contributed by atoms with Crippen LogP contribution in [0.5, 0.6) is 0 Å². The maximum Gasteiger partial charge on any atom is 0.195 e. The van der Waals surface area contributed by atoms with Crippen LogP contribution in [0.4, 0.5) is 0 Å². The third-order valence-electron chi connectivity index (χ3n) is 2.55. The third kappa shape index (κ3) is 3.15. The SMILES string of the molecule is Cc1cccc(C(=O)C(O)c2cccnc2)c1.Cl. The van der Waals surface area contributed by atoms with Crippen LogP contribution in [-0.4, -0.2) is 15.9 Å². The van der Waals surface area contributed by atoms with Crippen molar-refractivity contribution >= 4 is 18.2 Å². The normalized spacial score (nSPS) is 11.4. The molecular weight excluding hydrogens is 250 g/mol. The largest absolute Gasteiger partial charge is 0.380 e. The van der Waals surface area contributed by atoms with E-state index in [9.17, 15) is 9.90 Å². The number of carbonyl (C=O) groups excluding carboxylic acids is 1. The first-order chi connectivity index (χ1) is 8.18. The van der Waals surface area contributed by atoms with Crippen molar-refractivity contribution in [3.05, 3.63) is 65.5 Å². The number of pyridine rings is 1. The van der Waals surface area contributed by atoms with Crippen LogP contribution in [0, 0.1) is 6.92 Å². The Labute approximate surface area is 112 Å². The molecule has 1 heterocycles. The van der Waals surface area contributed by atoms with Crippen molar-refractivity contribution in [2.75, 3.05) is 0 Å². The van der Waals surface area contributed by atoms with Gasteiger partial charge in [0, 0.05) is 23.5 Å². The van der Waals surface area contributed by atoms with E-state index < -0.39 is 6.10 Å². The Morgan fingerprint density at radius 3 is 2.67 bits per heavy atom. The molecule has 0 fully saturated rings. The minimum absolute atomic E-state index is 0. The molecule has 0 amide bonds. The third-order valence-corrected chi connectivity index (χ3v) is 2.55. The zero-order chi connectivity index (χ0) is 12.3. The van der Waals surface area contributed by atoms with Crippen LogP contribution >= 0.6 is 12.4 Å². The summed E-state index contributed by atoms with van der Waals surface area (Å²) in [6.45, 7) is 1.91. The summed E-state index contributed by atoms with van der Waals surface area (Å²) >= 11 is 0. The molecule has 0 spiro atoms. The second kappa shape index (κ2) is 6.28. The lowest BCUT2D eigenvalue weighted by atomic mass is 10.00. The van der Waals surface area contributed by atoms with Crippen molar-refractivity contribution in [1.82, 2.24) is 4.98 Å². The molecule has 1 unspecified atom stereocenters. The molecular formula is C14H14ClNO2. The van der Waals surface area contributed by atoms with E-state index in [1.807, 2.05) is 13.0 Å². The van der Waals surface area contributed by atoms with E-state index in [2.05, 4.69) is 4.98 Å². The molecule has 18 heavy (non-hydrogen) atoms. The summed E-state index contributed by atoms with van der Waals surface area (Å²) in [5.74, 6) is -0.304. The van der Waals surface area contributed by atoms with Gasteiger partial charge in [0.15, 0.2) is 5.78 Å². The number of halogens is 1. The van der Waals surface area contributed by atoms with E-state index in [4.69, 9.17) is 0 Å². The molecule has 3 nitrogen and oxygen atoms in total. The van der Waals surface area contributed by atoms with Crippen LogP contribution in [0.25, 0.3) is 0 Å². The fraction of sp³-hybridized carbons (Fsp3) is 0.143. The number of Topliss-reactive ketones (excluding diaryl/α,β-unsaturated/α-hetero) is 1. The number of ketones is 1. The standard InChI is InChI=1S/C14H13NO2.ClH/c1-10-4-2-5-11(8-10)13(16)14(17)12-6-3-7-15-9-12;/h2-9,14,17H,1H3;1H. The van der Waals surface area contributed by atoms with Crippen LogP contribution in [0.3, 0.4) is 0 Å². The highest BCUT2D eigenvalue weighted by Gasteiger charge is 2.18. The Morgan fingerprint density at radius 1 is 1.28 bits per heavy atom. The first kappa shape index (κ1) is 14.4. The molecule has 1 aromatic heterocycles. The van der Waals surface area contributed by atoms with Gasteiger partial charge >= 0.3 is 0 Å². The minimum atomic E-state index is -1.15. The highest BCUT2D eigenvalue weighted by Crippen LogP contribution is 2.17. The lowest BCUT2D eigenvalue weighted by Crippen LogP contribution is -2.12. The van der Waals surface area contributed by atoms with Gasteiger partial charge in [0.25, 0.3) is 0 Å². The van der Waals surface area contributed by atoms with Gasteiger partial charge < -0.3 is 5.11 Å². The topological polar surface area (TPSA) is 50.2 Å². The molecule has 2 rings (SSSR count). The minimum Gasteiger partial charge on any atom is -0.380 e. The van der Waals surface area contributed by atoms with E-state index >= 15 is 0 Å². The predicted molar refractivity (Wildman–Crippen MR) is 72.0 cm³/mol. The van der Waals surface area contributed by atoms with Gasteiger partial charge in [-0.05, 0) is 19.1 Å². The van der Waals surface area contributed by atoms with Crippen molar-refractivity contribution in [1.29, 1.82) is 0 Å². The number of aliphatic hydroxyl groups is 1. The Hall–Kier alpha value is -1.71. The number of benzene rings is 1. The Balaban J connectivity index is 0.00000162. The summed E-state index contributed by atoms with van der Waals surface area (Å²) in [5.41, 5.74) is 2.02. The molecule has 1 atom stereocenters. The fourth-order valence-electron chi connectivity index (χ4n) is 1.65. The Bertz CT molecular complexity index is 528. The van der Waals surface area contributed by atoms with Gasteiger partial charge in [0.05, 0.1) is 0 Å². The van der Waals surface area contributed by atoms with E-state index in [0.29, 0.717) is 11.1 Å².